The number of nitrogens with one attached hydrogen (secondary N) is 3. The minimum Gasteiger partial charge on any atom is -0.326 e. The number of hydrazine groups is 1. The summed E-state index contributed by atoms with van der Waals surface area (Å²) in [6.07, 6.45) is 5.03. The van der Waals surface area contributed by atoms with Gasteiger partial charge in [-0.05, 0) is 23.3 Å². The molecule has 130 valence electrons. The van der Waals surface area contributed by atoms with Gasteiger partial charge in [-0.25, -0.2) is 15.4 Å². The SMILES string of the molecule is O=C(Nc1ccc(-c2cncnc2)cc1)C1CNNC1c1ccccc1. The molecular weight excluding hydrogens is 326 g/mol. The van der Waals surface area contributed by atoms with Gasteiger partial charge in [0.1, 0.15) is 6.33 Å². The summed E-state index contributed by atoms with van der Waals surface area (Å²) in [7, 11) is 0. The Balaban J connectivity index is 1.46. The number of benzene rings is 2. The van der Waals surface area contributed by atoms with Crippen molar-refractivity contribution in [2.45, 2.75) is 6.04 Å². The van der Waals surface area contributed by atoms with Crippen LogP contribution in [0.4, 0.5) is 5.69 Å². The van der Waals surface area contributed by atoms with Crippen molar-refractivity contribution in [3.8, 4) is 11.1 Å². The maximum Gasteiger partial charge on any atom is 0.230 e. The first-order valence-electron chi connectivity index (χ1n) is 8.51. The second kappa shape index (κ2) is 7.43. The van der Waals surface area contributed by atoms with Crippen LogP contribution in [0.5, 0.6) is 0 Å². The molecule has 1 aromatic heterocycles. The smallest absolute Gasteiger partial charge is 0.230 e. The van der Waals surface area contributed by atoms with Gasteiger partial charge in [-0.15, -0.1) is 0 Å². The number of carbonyl (C=O) groups excluding carboxylic acids is 1. The zero-order chi connectivity index (χ0) is 17.8. The van der Waals surface area contributed by atoms with Gasteiger partial charge >= 0.3 is 0 Å². The van der Waals surface area contributed by atoms with Crippen molar-refractivity contribution in [1.82, 2.24) is 20.8 Å². The standard InChI is InChI=1S/C20H19N5O/c26-20(18-12-23-25-19(18)15-4-2-1-3-5-15)24-17-8-6-14(7-9-17)16-10-21-13-22-11-16/h1-11,13,18-19,23,25H,12H2,(H,24,26). The molecule has 2 atom stereocenters. The molecule has 1 aliphatic heterocycles. The molecule has 1 amide bonds. The van der Waals surface area contributed by atoms with E-state index in [-0.39, 0.29) is 17.9 Å². The van der Waals surface area contributed by atoms with Crippen molar-refractivity contribution in [2.24, 2.45) is 5.92 Å². The Kier molecular flexibility index (Phi) is 4.68. The highest BCUT2D eigenvalue weighted by molar-refractivity contribution is 5.93. The normalized spacial score (nSPS) is 19.2. The second-order valence-corrected chi connectivity index (χ2v) is 6.21. The summed E-state index contributed by atoms with van der Waals surface area (Å²) in [6.45, 7) is 0.588. The number of nitrogens with zero attached hydrogens (tertiary/aromatic N) is 2. The van der Waals surface area contributed by atoms with Gasteiger partial charge < -0.3 is 5.32 Å². The lowest BCUT2D eigenvalue weighted by Crippen LogP contribution is -2.29. The Morgan fingerprint density at radius 3 is 2.42 bits per heavy atom. The number of anilines is 1. The highest BCUT2D eigenvalue weighted by atomic mass is 16.2. The molecular formula is C20H19N5O. The molecule has 2 heterocycles. The highest BCUT2D eigenvalue weighted by Gasteiger charge is 2.33. The van der Waals surface area contributed by atoms with Gasteiger partial charge in [0.15, 0.2) is 0 Å². The molecule has 0 spiro atoms. The van der Waals surface area contributed by atoms with Gasteiger partial charge in [-0.1, -0.05) is 42.5 Å². The van der Waals surface area contributed by atoms with E-state index >= 15 is 0 Å². The molecule has 1 fully saturated rings. The van der Waals surface area contributed by atoms with Crippen LogP contribution in [-0.4, -0.2) is 22.4 Å². The van der Waals surface area contributed by atoms with Crippen molar-refractivity contribution >= 4 is 11.6 Å². The third kappa shape index (κ3) is 3.46. The van der Waals surface area contributed by atoms with Crippen LogP contribution in [0.15, 0.2) is 73.3 Å². The van der Waals surface area contributed by atoms with E-state index in [0.717, 1.165) is 22.4 Å². The molecule has 0 bridgehead atoms. The fourth-order valence-electron chi connectivity index (χ4n) is 3.15. The lowest BCUT2D eigenvalue weighted by atomic mass is 9.94. The van der Waals surface area contributed by atoms with Crippen molar-refractivity contribution in [1.29, 1.82) is 0 Å². The molecule has 1 aliphatic rings. The van der Waals surface area contributed by atoms with Gasteiger partial charge in [0.25, 0.3) is 0 Å². The fourth-order valence-corrected chi connectivity index (χ4v) is 3.15. The minimum absolute atomic E-state index is 0.00727. The van der Waals surface area contributed by atoms with E-state index in [9.17, 15) is 4.79 Å². The highest BCUT2D eigenvalue weighted by Crippen LogP contribution is 2.26. The van der Waals surface area contributed by atoms with Crippen LogP contribution in [0.2, 0.25) is 0 Å². The van der Waals surface area contributed by atoms with Crippen molar-refractivity contribution in [3.63, 3.8) is 0 Å². The lowest BCUT2D eigenvalue weighted by molar-refractivity contribution is -0.119. The number of hydrogen-bond acceptors (Lipinski definition) is 5. The third-order valence-corrected chi connectivity index (χ3v) is 4.52. The maximum absolute atomic E-state index is 12.7. The first kappa shape index (κ1) is 16.4. The number of rotatable bonds is 4. The van der Waals surface area contributed by atoms with Gasteiger partial charge in [-0.3, -0.25) is 10.2 Å². The lowest BCUT2D eigenvalue weighted by Gasteiger charge is -2.18. The van der Waals surface area contributed by atoms with Crippen molar-refractivity contribution < 1.29 is 4.79 Å². The number of amides is 1. The third-order valence-electron chi connectivity index (χ3n) is 4.52. The molecule has 2 unspecified atom stereocenters. The molecule has 1 saturated heterocycles. The van der Waals surface area contributed by atoms with Crippen LogP contribution in [-0.2, 0) is 4.79 Å². The summed E-state index contributed by atoms with van der Waals surface area (Å²) in [6, 6.07) is 17.6. The van der Waals surface area contributed by atoms with Crippen LogP contribution < -0.4 is 16.2 Å². The average molecular weight is 345 g/mol. The molecule has 3 aromatic rings. The molecule has 2 aromatic carbocycles. The van der Waals surface area contributed by atoms with Crippen LogP contribution in [0.25, 0.3) is 11.1 Å². The average Bonchev–Trinajstić information content (AvgIpc) is 3.20. The monoisotopic (exact) mass is 345 g/mol. The Morgan fingerprint density at radius 1 is 0.962 bits per heavy atom. The summed E-state index contributed by atoms with van der Waals surface area (Å²) in [5, 5.41) is 3.01. The quantitative estimate of drug-likeness (QED) is 0.677. The predicted octanol–water partition coefficient (Wildman–Crippen LogP) is 2.55. The van der Waals surface area contributed by atoms with Gasteiger partial charge in [0.05, 0.1) is 12.0 Å². The summed E-state index contributed by atoms with van der Waals surface area (Å²) in [4.78, 5) is 20.8. The molecule has 6 heteroatoms. The van der Waals surface area contributed by atoms with Crippen LogP contribution in [0, 0.1) is 5.92 Å². The van der Waals surface area contributed by atoms with E-state index in [2.05, 4.69) is 26.1 Å². The first-order chi connectivity index (χ1) is 12.8. The zero-order valence-electron chi connectivity index (χ0n) is 14.1. The van der Waals surface area contributed by atoms with E-state index in [1.54, 1.807) is 12.4 Å². The van der Waals surface area contributed by atoms with Gasteiger partial charge in [0, 0.05) is 30.2 Å². The largest absolute Gasteiger partial charge is 0.326 e. The van der Waals surface area contributed by atoms with Crippen molar-refractivity contribution in [2.75, 3.05) is 11.9 Å². The van der Waals surface area contributed by atoms with Crippen LogP contribution >= 0.6 is 0 Å². The van der Waals surface area contributed by atoms with Crippen molar-refractivity contribution in [3.05, 3.63) is 78.9 Å². The van der Waals surface area contributed by atoms with E-state index < -0.39 is 0 Å². The van der Waals surface area contributed by atoms with Crippen LogP contribution in [0.3, 0.4) is 0 Å². The predicted molar refractivity (Wildman–Crippen MR) is 99.9 cm³/mol. The first-order valence-corrected chi connectivity index (χ1v) is 8.51. The molecule has 3 N–H and O–H groups in total. The summed E-state index contributed by atoms with van der Waals surface area (Å²) < 4.78 is 0. The molecule has 6 nitrogen and oxygen atoms in total. The summed E-state index contributed by atoms with van der Waals surface area (Å²) in [5.74, 6) is -0.188. The van der Waals surface area contributed by atoms with E-state index in [4.69, 9.17) is 0 Å². The molecule has 4 rings (SSSR count). The Bertz CT molecular complexity index is 868. The molecule has 0 radical (unpaired) electrons. The maximum atomic E-state index is 12.7. The Labute approximate surface area is 151 Å². The molecule has 26 heavy (non-hydrogen) atoms. The summed E-state index contributed by atoms with van der Waals surface area (Å²) >= 11 is 0. The number of carbonyl (C=O) groups is 1. The minimum atomic E-state index is -0.181. The van der Waals surface area contributed by atoms with Crippen LogP contribution in [0.1, 0.15) is 11.6 Å². The zero-order valence-corrected chi connectivity index (χ0v) is 14.1. The Hall–Kier alpha value is -3.09. The number of aromatic nitrogens is 2. The van der Waals surface area contributed by atoms with E-state index in [0.29, 0.717) is 6.54 Å². The van der Waals surface area contributed by atoms with Gasteiger partial charge in [0.2, 0.25) is 5.91 Å². The van der Waals surface area contributed by atoms with Gasteiger partial charge in [-0.2, -0.15) is 0 Å². The second-order valence-electron chi connectivity index (χ2n) is 6.21. The van der Waals surface area contributed by atoms with E-state index in [1.807, 2.05) is 54.6 Å². The topological polar surface area (TPSA) is 78.9 Å². The molecule has 0 saturated carbocycles. The number of hydrogen-bond donors (Lipinski definition) is 3. The summed E-state index contributed by atoms with van der Waals surface area (Å²) in [5.41, 5.74) is 10.1. The molecule has 0 aliphatic carbocycles. The fraction of sp³-hybridized carbons (Fsp3) is 0.150. The Morgan fingerprint density at radius 2 is 1.69 bits per heavy atom. The van der Waals surface area contributed by atoms with E-state index in [1.165, 1.54) is 6.33 Å².